The van der Waals surface area contributed by atoms with Gasteiger partial charge in [0, 0.05) is 31.8 Å². The van der Waals surface area contributed by atoms with Crippen molar-refractivity contribution in [3.63, 3.8) is 0 Å². The summed E-state index contributed by atoms with van der Waals surface area (Å²) in [5.74, 6) is 1.07. The van der Waals surface area contributed by atoms with Crippen molar-refractivity contribution < 1.29 is 23.8 Å². The molecule has 2 aromatic rings. The lowest BCUT2D eigenvalue weighted by Crippen LogP contribution is -2.49. The van der Waals surface area contributed by atoms with Crippen molar-refractivity contribution in [2.75, 3.05) is 34.4 Å². The zero-order valence-electron chi connectivity index (χ0n) is 17.3. The molecule has 2 aromatic carbocycles. The van der Waals surface area contributed by atoms with Gasteiger partial charge in [-0.05, 0) is 18.9 Å². The molecule has 29 heavy (non-hydrogen) atoms. The van der Waals surface area contributed by atoms with E-state index in [-0.39, 0.29) is 18.4 Å². The van der Waals surface area contributed by atoms with Crippen molar-refractivity contribution in [1.29, 1.82) is 0 Å². The molecule has 0 radical (unpaired) electrons. The number of nitrogens with one attached hydrogen (secondary N) is 1. The summed E-state index contributed by atoms with van der Waals surface area (Å²) in [7, 11) is 4.64. The summed E-state index contributed by atoms with van der Waals surface area (Å²) in [4.78, 5) is 26.5. The Morgan fingerprint density at radius 1 is 1.00 bits per heavy atom. The molecule has 0 heterocycles. The number of nitrogens with zero attached hydrogens (tertiary/aromatic N) is 1. The molecule has 0 saturated carbocycles. The zero-order chi connectivity index (χ0) is 21.2. The van der Waals surface area contributed by atoms with Gasteiger partial charge in [-0.2, -0.15) is 0 Å². The lowest BCUT2D eigenvalue weighted by Gasteiger charge is -2.28. The van der Waals surface area contributed by atoms with Gasteiger partial charge in [-0.1, -0.05) is 30.3 Å². The van der Waals surface area contributed by atoms with Gasteiger partial charge >= 0.3 is 0 Å². The van der Waals surface area contributed by atoms with E-state index in [1.54, 1.807) is 46.4 Å². The highest BCUT2D eigenvalue weighted by molar-refractivity contribution is 5.87. The van der Waals surface area contributed by atoms with Crippen molar-refractivity contribution in [1.82, 2.24) is 10.2 Å². The van der Waals surface area contributed by atoms with Crippen LogP contribution in [0.4, 0.5) is 0 Å². The van der Waals surface area contributed by atoms with Crippen molar-refractivity contribution >= 4 is 11.8 Å². The number of hydrogen-bond donors (Lipinski definition) is 1. The third-order valence-electron chi connectivity index (χ3n) is 4.59. The molecule has 2 rings (SSSR count). The molecule has 0 bridgehead atoms. The Kier molecular flexibility index (Phi) is 8.33. The highest BCUT2D eigenvalue weighted by Gasteiger charge is 2.25. The second-order valence-electron chi connectivity index (χ2n) is 6.45. The number of carbonyl (C=O) groups excluding carboxylic acids is 2. The topological polar surface area (TPSA) is 77.1 Å². The summed E-state index contributed by atoms with van der Waals surface area (Å²) in [5, 5.41) is 2.60. The summed E-state index contributed by atoms with van der Waals surface area (Å²) in [6.07, 6.45) is 0.640. The Balaban J connectivity index is 2.09. The molecule has 2 amide bonds. The molecule has 0 aromatic heterocycles. The van der Waals surface area contributed by atoms with E-state index >= 15 is 0 Å². The molecule has 1 atom stereocenters. The fourth-order valence-corrected chi connectivity index (χ4v) is 2.87. The van der Waals surface area contributed by atoms with Crippen molar-refractivity contribution in [3.05, 3.63) is 54.1 Å². The zero-order valence-corrected chi connectivity index (χ0v) is 17.3. The number of likely N-dealkylation sites (N-methyl/N-ethyl adjacent to an activating group) is 1. The molecule has 156 valence electrons. The predicted molar refractivity (Wildman–Crippen MR) is 110 cm³/mol. The minimum Gasteiger partial charge on any atom is -0.496 e. The third kappa shape index (κ3) is 6.41. The Hall–Kier alpha value is -3.22. The standard InChI is InChI=1S/C22H28N2O5/c1-16(22(26)23-2)24(11-10-17-8-6-5-7-9-17)21(25)15-29-20-13-18(27-3)12-19(14-20)28-4/h5-9,12-14,16H,10-11,15H2,1-4H3,(H,23,26)/t16-/m0/s1. The Morgan fingerprint density at radius 2 is 1.59 bits per heavy atom. The number of benzene rings is 2. The minimum absolute atomic E-state index is 0.202. The van der Waals surface area contributed by atoms with Crippen LogP contribution in [0.15, 0.2) is 48.5 Å². The molecule has 0 spiro atoms. The Labute approximate surface area is 171 Å². The van der Waals surface area contributed by atoms with Crippen LogP contribution < -0.4 is 19.5 Å². The van der Waals surface area contributed by atoms with Gasteiger partial charge in [-0.3, -0.25) is 9.59 Å². The van der Waals surface area contributed by atoms with Crippen LogP contribution in [-0.4, -0.2) is 57.2 Å². The fraction of sp³-hybridized carbons (Fsp3) is 0.364. The number of methoxy groups -OCH3 is 2. The average Bonchev–Trinajstić information content (AvgIpc) is 2.77. The molecule has 0 fully saturated rings. The van der Waals surface area contributed by atoms with Crippen LogP contribution in [0.2, 0.25) is 0 Å². The first-order valence-corrected chi connectivity index (χ1v) is 9.39. The lowest BCUT2D eigenvalue weighted by atomic mass is 10.1. The first-order valence-electron chi connectivity index (χ1n) is 9.39. The smallest absolute Gasteiger partial charge is 0.261 e. The van der Waals surface area contributed by atoms with E-state index in [0.717, 1.165) is 5.56 Å². The highest BCUT2D eigenvalue weighted by atomic mass is 16.5. The second-order valence-corrected chi connectivity index (χ2v) is 6.45. The van der Waals surface area contributed by atoms with E-state index in [9.17, 15) is 9.59 Å². The van der Waals surface area contributed by atoms with Gasteiger partial charge in [0.15, 0.2) is 6.61 Å². The molecule has 0 aliphatic heterocycles. The SMILES string of the molecule is CNC(=O)[C@H](C)N(CCc1ccccc1)C(=O)COc1cc(OC)cc(OC)c1. The quantitative estimate of drug-likeness (QED) is 0.662. The number of hydrogen-bond acceptors (Lipinski definition) is 5. The fourth-order valence-electron chi connectivity index (χ4n) is 2.87. The van der Waals surface area contributed by atoms with Gasteiger partial charge in [0.05, 0.1) is 14.2 Å². The molecular weight excluding hydrogens is 372 g/mol. The van der Waals surface area contributed by atoms with E-state index in [1.165, 1.54) is 4.90 Å². The van der Waals surface area contributed by atoms with Gasteiger partial charge < -0.3 is 24.4 Å². The van der Waals surface area contributed by atoms with Crippen molar-refractivity contribution in [3.8, 4) is 17.2 Å². The molecular formula is C22H28N2O5. The predicted octanol–water partition coefficient (Wildman–Crippen LogP) is 2.29. The molecule has 7 heteroatoms. The van der Waals surface area contributed by atoms with E-state index in [1.807, 2.05) is 30.3 Å². The van der Waals surface area contributed by atoms with Gasteiger partial charge in [-0.15, -0.1) is 0 Å². The van der Waals surface area contributed by atoms with Crippen LogP contribution >= 0.6 is 0 Å². The van der Waals surface area contributed by atoms with Crippen molar-refractivity contribution in [2.45, 2.75) is 19.4 Å². The minimum atomic E-state index is -0.611. The molecule has 0 saturated heterocycles. The van der Waals surface area contributed by atoms with Crippen LogP contribution in [0.25, 0.3) is 0 Å². The normalized spacial score (nSPS) is 11.3. The highest BCUT2D eigenvalue weighted by Crippen LogP contribution is 2.27. The van der Waals surface area contributed by atoms with Crippen LogP contribution in [0, 0.1) is 0 Å². The maximum absolute atomic E-state index is 12.9. The maximum Gasteiger partial charge on any atom is 0.261 e. The first kappa shape index (κ1) is 22.1. The molecule has 7 nitrogen and oxygen atoms in total. The molecule has 0 aliphatic rings. The van der Waals surface area contributed by atoms with Crippen LogP contribution in [0.5, 0.6) is 17.2 Å². The average molecular weight is 400 g/mol. The molecule has 1 N–H and O–H groups in total. The van der Waals surface area contributed by atoms with E-state index in [2.05, 4.69) is 5.32 Å². The number of carbonyl (C=O) groups is 2. The maximum atomic E-state index is 12.9. The van der Waals surface area contributed by atoms with E-state index < -0.39 is 6.04 Å². The second kappa shape index (κ2) is 10.9. The van der Waals surface area contributed by atoms with Crippen LogP contribution in [0.1, 0.15) is 12.5 Å². The van der Waals surface area contributed by atoms with Crippen LogP contribution in [0.3, 0.4) is 0 Å². The first-order chi connectivity index (χ1) is 14.0. The molecule has 0 unspecified atom stereocenters. The van der Waals surface area contributed by atoms with Gasteiger partial charge in [0.1, 0.15) is 23.3 Å². The van der Waals surface area contributed by atoms with Crippen molar-refractivity contribution in [2.24, 2.45) is 0 Å². The molecule has 0 aliphatic carbocycles. The number of amides is 2. The number of rotatable bonds is 10. The summed E-state index contributed by atoms with van der Waals surface area (Å²) in [6, 6.07) is 14.3. The van der Waals surface area contributed by atoms with E-state index in [0.29, 0.717) is 30.2 Å². The van der Waals surface area contributed by atoms with Gasteiger partial charge in [-0.25, -0.2) is 0 Å². The Bertz CT molecular complexity index is 788. The summed E-state index contributed by atoms with van der Waals surface area (Å²) < 4.78 is 16.1. The monoisotopic (exact) mass is 400 g/mol. The van der Waals surface area contributed by atoms with E-state index in [4.69, 9.17) is 14.2 Å². The Morgan fingerprint density at radius 3 is 2.14 bits per heavy atom. The summed E-state index contributed by atoms with van der Waals surface area (Å²) in [6.45, 7) is 1.91. The third-order valence-corrected chi connectivity index (χ3v) is 4.59. The van der Waals surface area contributed by atoms with Gasteiger partial charge in [0.25, 0.3) is 5.91 Å². The summed E-state index contributed by atoms with van der Waals surface area (Å²) in [5.41, 5.74) is 1.09. The van der Waals surface area contributed by atoms with Gasteiger partial charge in [0.2, 0.25) is 5.91 Å². The summed E-state index contributed by atoms with van der Waals surface area (Å²) >= 11 is 0. The van der Waals surface area contributed by atoms with Crippen LogP contribution in [-0.2, 0) is 16.0 Å². The largest absolute Gasteiger partial charge is 0.496 e. The number of ether oxygens (including phenoxy) is 3. The lowest BCUT2D eigenvalue weighted by molar-refractivity contribution is -0.141.